The van der Waals surface area contributed by atoms with Crippen molar-refractivity contribution in [2.24, 2.45) is 0 Å². The molecular weight excluding hydrogens is 376 g/mol. The van der Waals surface area contributed by atoms with Crippen LogP contribution in [0.4, 0.5) is 17.1 Å². The van der Waals surface area contributed by atoms with E-state index in [-0.39, 0.29) is 0 Å². The van der Waals surface area contributed by atoms with Gasteiger partial charge in [0.15, 0.2) is 0 Å². The number of anilines is 3. The van der Waals surface area contributed by atoms with Crippen molar-refractivity contribution in [3.63, 3.8) is 0 Å². The number of nitrogens with two attached hydrogens (primary N) is 1. The second-order valence-electron chi connectivity index (χ2n) is 6.95. The summed E-state index contributed by atoms with van der Waals surface area (Å²) in [6.07, 6.45) is 0. The molecule has 30 heavy (non-hydrogen) atoms. The van der Waals surface area contributed by atoms with E-state index >= 15 is 0 Å². The summed E-state index contributed by atoms with van der Waals surface area (Å²) in [4.78, 5) is 0. The van der Waals surface area contributed by atoms with Gasteiger partial charge in [-0.15, -0.1) is 0 Å². The first kappa shape index (κ1) is 20.7. The highest BCUT2D eigenvalue weighted by molar-refractivity contribution is 5.76. The zero-order valence-electron chi connectivity index (χ0n) is 17.1. The molecule has 0 radical (unpaired) electrons. The summed E-state index contributed by atoms with van der Waals surface area (Å²) in [7, 11) is 1.61. The Bertz CT molecular complexity index is 1130. The molecule has 0 aliphatic rings. The van der Waals surface area contributed by atoms with E-state index in [2.05, 4.69) is 17.5 Å². The lowest BCUT2D eigenvalue weighted by atomic mass is 10.1. The highest BCUT2D eigenvalue weighted by Gasteiger charge is 2.14. The predicted octanol–water partition coefficient (Wildman–Crippen LogP) is 5.31. The first-order valence-corrected chi connectivity index (χ1v) is 9.33. The molecule has 0 heterocycles. The van der Waals surface area contributed by atoms with Crippen LogP contribution in [0.25, 0.3) is 0 Å². The van der Waals surface area contributed by atoms with Gasteiger partial charge in [-0.05, 0) is 67.4 Å². The third-order valence-electron chi connectivity index (χ3n) is 4.63. The molecule has 0 atom stereocenters. The van der Waals surface area contributed by atoms with Gasteiger partial charge in [-0.2, -0.15) is 10.5 Å². The average Bonchev–Trinajstić information content (AvgIpc) is 2.74. The van der Waals surface area contributed by atoms with Gasteiger partial charge in [0, 0.05) is 24.4 Å². The van der Waals surface area contributed by atoms with Gasteiger partial charge in [0.1, 0.15) is 11.5 Å². The molecule has 0 saturated heterocycles. The largest absolute Gasteiger partial charge is 0.456 e. The molecule has 3 rings (SSSR count). The standard InChI is InChI=1S/C24H22N4O2/c1-15-8-18(13-26)9-16(2)24(15)30-23-11-22(21(27)10-19(23)14-29-3)28-20-6-4-17(12-25)5-7-20/h4-11,28H,14,27H2,1-3H3. The van der Waals surface area contributed by atoms with Crippen molar-refractivity contribution < 1.29 is 9.47 Å². The van der Waals surface area contributed by atoms with Crippen LogP contribution in [-0.2, 0) is 11.3 Å². The monoisotopic (exact) mass is 398 g/mol. The SMILES string of the molecule is COCc1cc(N)c(Nc2ccc(C#N)cc2)cc1Oc1c(C)cc(C#N)cc1C. The number of nitrogens with zero attached hydrogens (tertiary/aromatic N) is 2. The highest BCUT2D eigenvalue weighted by atomic mass is 16.5. The Morgan fingerprint density at radius 2 is 1.57 bits per heavy atom. The van der Waals surface area contributed by atoms with Crippen molar-refractivity contribution in [1.29, 1.82) is 10.5 Å². The van der Waals surface area contributed by atoms with E-state index in [1.165, 1.54) is 0 Å². The van der Waals surface area contributed by atoms with Crippen LogP contribution in [0.2, 0.25) is 0 Å². The molecule has 0 fully saturated rings. The zero-order chi connectivity index (χ0) is 21.7. The predicted molar refractivity (Wildman–Crippen MR) is 117 cm³/mol. The van der Waals surface area contributed by atoms with E-state index < -0.39 is 0 Å². The Labute approximate surface area is 176 Å². The number of nitrogen functional groups attached to an aromatic ring is 1. The summed E-state index contributed by atoms with van der Waals surface area (Å²) in [5.74, 6) is 1.30. The third-order valence-corrected chi connectivity index (χ3v) is 4.63. The molecule has 0 aromatic heterocycles. The first-order chi connectivity index (χ1) is 14.4. The van der Waals surface area contributed by atoms with Crippen LogP contribution in [0, 0.1) is 36.5 Å². The van der Waals surface area contributed by atoms with Gasteiger partial charge in [0.2, 0.25) is 0 Å². The topological polar surface area (TPSA) is 104 Å². The van der Waals surface area contributed by atoms with Crippen LogP contribution in [0.5, 0.6) is 11.5 Å². The molecule has 0 unspecified atom stereocenters. The number of nitrogens with one attached hydrogen (secondary N) is 1. The summed E-state index contributed by atoms with van der Waals surface area (Å²) in [6, 6.07) is 18.6. The first-order valence-electron chi connectivity index (χ1n) is 9.33. The number of hydrogen-bond acceptors (Lipinski definition) is 6. The zero-order valence-corrected chi connectivity index (χ0v) is 17.1. The number of nitriles is 2. The summed E-state index contributed by atoms with van der Waals surface area (Å²) < 4.78 is 11.6. The van der Waals surface area contributed by atoms with Gasteiger partial charge in [-0.3, -0.25) is 0 Å². The van der Waals surface area contributed by atoms with E-state index in [0.29, 0.717) is 40.6 Å². The summed E-state index contributed by atoms with van der Waals surface area (Å²) in [5, 5.41) is 21.4. The molecule has 0 spiro atoms. The normalized spacial score (nSPS) is 10.2. The van der Waals surface area contributed by atoms with E-state index in [0.717, 1.165) is 22.4 Å². The lowest BCUT2D eigenvalue weighted by Crippen LogP contribution is -2.02. The van der Waals surface area contributed by atoms with Crippen molar-refractivity contribution >= 4 is 17.1 Å². The van der Waals surface area contributed by atoms with E-state index in [1.54, 1.807) is 31.4 Å². The van der Waals surface area contributed by atoms with Gasteiger partial charge in [-0.25, -0.2) is 0 Å². The second kappa shape index (κ2) is 9.00. The molecule has 3 N–H and O–H groups in total. The minimum Gasteiger partial charge on any atom is -0.456 e. The number of aryl methyl sites for hydroxylation is 2. The molecule has 0 amide bonds. The molecule has 6 heteroatoms. The summed E-state index contributed by atoms with van der Waals surface area (Å²) in [6.45, 7) is 4.16. The minimum absolute atomic E-state index is 0.338. The highest BCUT2D eigenvalue weighted by Crippen LogP contribution is 2.37. The van der Waals surface area contributed by atoms with Crippen molar-refractivity contribution in [3.8, 4) is 23.6 Å². The van der Waals surface area contributed by atoms with Crippen molar-refractivity contribution in [3.05, 3.63) is 76.3 Å². The summed E-state index contributed by atoms with van der Waals surface area (Å²) in [5.41, 5.74) is 12.0. The molecule has 0 aliphatic heterocycles. The Balaban J connectivity index is 1.99. The smallest absolute Gasteiger partial charge is 0.135 e. The maximum atomic E-state index is 9.17. The number of benzene rings is 3. The van der Waals surface area contributed by atoms with E-state index in [4.69, 9.17) is 20.5 Å². The quantitative estimate of drug-likeness (QED) is 0.545. The molecule has 0 saturated carbocycles. The average molecular weight is 398 g/mol. The molecule has 6 nitrogen and oxygen atoms in total. The van der Waals surface area contributed by atoms with Gasteiger partial charge in [0.05, 0.1) is 41.2 Å². The molecule has 3 aromatic carbocycles. The fourth-order valence-electron chi connectivity index (χ4n) is 3.18. The fourth-order valence-corrected chi connectivity index (χ4v) is 3.18. The number of methoxy groups -OCH3 is 1. The van der Waals surface area contributed by atoms with Crippen LogP contribution in [0.15, 0.2) is 48.5 Å². The van der Waals surface area contributed by atoms with Crippen molar-refractivity contribution in [2.45, 2.75) is 20.5 Å². The van der Waals surface area contributed by atoms with Crippen molar-refractivity contribution in [2.75, 3.05) is 18.2 Å². The lowest BCUT2D eigenvalue weighted by molar-refractivity contribution is 0.182. The maximum absolute atomic E-state index is 9.17. The van der Waals surface area contributed by atoms with Crippen LogP contribution in [0.1, 0.15) is 27.8 Å². The third kappa shape index (κ3) is 4.52. The molecule has 0 bridgehead atoms. The second-order valence-corrected chi connectivity index (χ2v) is 6.95. The van der Waals surface area contributed by atoms with Crippen LogP contribution >= 0.6 is 0 Å². The number of rotatable bonds is 6. The van der Waals surface area contributed by atoms with Gasteiger partial charge < -0.3 is 20.5 Å². The molecule has 3 aromatic rings. The molecule has 0 aliphatic carbocycles. The minimum atomic E-state index is 0.338. The lowest BCUT2D eigenvalue weighted by Gasteiger charge is -2.18. The van der Waals surface area contributed by atoms with Gasteiger partial charge in [-0.1, -0.05) is 0 Å². The molecular formula is C24H22N4O2. The van der Waals surface area contributed by atoms with E-state index in [1.807, 2.05) is 38.1 Å². The van der Waals surface area contributed by atoms with Crippen LogP contribution in [-0.4, -0.2) is 7.11 Å². The van der Waals surface area contributed by atoms with Gasteiger partial charge >= 0.3 is 0 Å². The maximum Gasteiger partial charge on any atom is 0.135 e. The van der Waals surface area contributed by atoms with Crippen LogP contribution < -0.4 is 15.8 Å². The van der Waals surface area contributed by atoms with Crippen LogP contribution in [0.3, 0.4) is 0 Å². The molecule has 150 valence electrons. The van der Waals surface area contributed by atoms with Gasteiger partial charge in [0.25, 0.3) is 0 Å². The Morgan fingerprint density at radius 1 is 0.933 bits per heavy atom. The Kier molecular flexibility index (Phi) is 6.22. The Hall–Kier alpha value is -4.00. The Morgan fingerprint density at radius 3 is 2.13 bits per heavy atom. The summed E-state index contributed by atoms with van der Waals surface area (Å²) >= 11 is 0. The van der Waals surface area contributed by atoms with Crippen molar-refractivity contribution in [1.82, 2.24) is 0 Å². The fraction of sp³-hybridized carbons (Fsp3) is 0.167. The number of ether oxygens (including phenoxy) is 2. The number of hydrogen-bond donors (Lipinski definition) is 2. The van der Waals surface area contributed by atoms with E-state index in [9.17, 15) is 5.26 Å².